The van der Waals surface area contributed by atoms with Crippen molar-refractivity contribution < 1.29 is 19.4 Å². The third-order valence-corrected chi connectivity index (χ3v) is 5.28. The number of carboxylic acid groups (broad SMARTS) is 1. The van der Waals surface area contributed by atoms with Crippen LogP contribution >= 0.6 is 0 Å². The average molecular weight is 427 g/mol. The van der Waals surface area contributed by atoms with Gasteiger partial charge in [0.2, 0.25) is 0 Å². The van der Waals surface area contributed by atoms with Crippen molar-refractivity contribution in [3.63, 3.8) is 0 Å². The smallest absolute Gasteiger partial charge is 0.338 e. The van der Waals surface area contributed by atoms with E-state index >= 15 is 0 Å². The lowest BCUT2D eigenvalue weighted by molar-refractivity contribution is 0.0472. The number of aryl methyl sites for hydroxylation is 1. The van der Waals surface area contributed by atoms with Gasteiger partial charge >= 0.3 is 11.9 Å². The van der Waals surface area contributed by atoms with Crippen LogP contribution in [0, 0.1) is 6.92 Å². The highest BCUT2D eigenvalue weighted by Crippen LogP contribution is 2.15. The van der Waals surface area contributed by atoms with E-state index in [0.717, 1.165) is 16.7 Å². The number of aromatic nitrogens is 1. The summed E-state index contributed by atoms with van der Waals surface area (Å²) in [5.41, 5.74) is 4.28. The molecule has 0 bridgehead atoms. The summed E-state index contributed by atoms with van der Waals surface area (Å²) in [5, 5.41) is 9.42. The monoisotopic (exact) mass is 427 g/mol. The van der Waals surface area contributed by atoms with Crippen molar-refractivity contribution in [2.45, 2.75) is 20.0 Å². The van der Waals surface area contributed by atoms with Crippen LogP contribution in [-0.2, 0) is 17.8 Å². The van der Waals surface area contributed by atoms with Crippen LogP contribution in [0.15, 0.2) is 77.7 Å². The molecular formula is C26H21NO5. The summed E-state index contributed by atoms with van der Waals surface area (Å²) >= 11 is 0. The van der Waals surface area contributed by atoms with Crippen molar-refractivity contribution in [3.05, 3.63) is 117 Å². The Morgan fingerprint density at radius 2 is 1.56 bits per heavy atom. The van der Waals surface area contributed by atoms with Gasteiger partial charge in [-0.2, -0.15) is 0 Å². The molecule has 0 spiro atoms. The Balaban J connectivity index is 1.55. The van der Waals surface area contributed by atoms with Gasteiger partial charge in [0.15, 0.2) is 5.43 Å². The van der Waals surface area contributed by atoms with E-state index in [0.29, 0.717) is 28.5 Å². The maximum atomic E-state index is 13.0. The number of ether oxygens (including phenoxy) is 1. The molecule has 6 nitrogen and oxygen atoms in total. The average Bonchev–Trinajstić information content (AvgIpc) is 2.80. The Kier molecular flexibility index (Phi) is 5.85. The zero-order chi connectivity index (χ0) is 22.7. The molecule has 1 heterocycles. The zero-order valence-corrected chi connectivity index (χ0v) is 17.4. The van der Waals surface area contributed by atoms with E-state index in [1.54, 1.807) is 36.5 Å². The first kappa shape index (κ1) is 21.1. The van der Waals surface area contributed by atoms with Crippen LogP contribution in [0.25, 0.3) is 10.9 Å². The molecule has 0 fully saturated rings. The maximum Gasteiger partial charge on any atom is 0.338 e. The predicted octanol–water partition coefficient (Wildman–Crippen LogP) is 4.48. The van der Waals surface area contributed by atoms with Crippen LogP contribution < -0.4 is 5.43 Å². The van der Waals surface area contributed by atoms with Gasteiger partial charge < -0.3 is 14.8 Å². The van der Waals surface area contributed by atoms with E-state index in [4.69, 9.17) is 9.84 Å². The number of H-pyrrole nitrogens is 1. The fourth-order valence-electron chi connectivity index (χ4n) is 3.42. The number of esters is 1. The van der Waals surface area contributed by atoms with E-state index in [1.807, 2.05) is 31.2 Å². The highest BCUT2D eigenvalue weighted by Gasteiger charge is 2.12. The Bertz CT molecular complexity index is 1350. The van der Waals surface area contributed by atoms with Crippen molar-refractivity contribution in [1.29, 1.82) is 0 Å². The number of carboxylic acids is 1. The highest BCUT2D eigenvalue weighted by atomic mass is 16.5. The molecule has 0 unspecified atom stereocenters. The lowest BCUT2D eigenvalue weighted by Gasteiger charge is -2.08. The SMILES string of the molecule is Cc1ccc(COC(=O)c2ccc3[nH]cc(Cc4ccc(C(=O)O)cc4)c(=O)c3c2)cc1. The van der Waals surface area contributed by atoms with Crippen LogP contribution in [0.3, 0.4) is 0 Å². The van der Waals surface area contributed by atoms with Crippen LogP contribution in [-0.4, -0.2) is 22.0 Å². The predicted molar refractivity (Wildman–Crippen MR) is 121 cm³/mol. The molecule has 0 radical (unpaired) electrons. The van der Waals surface area contributed by atoms with Gasteiger partial charge in [-0.15, -0.1) is 0 Å². The van der Waals surface area contributed by atoms with E-state index in [-0.39, 0.29) is 17.6 Å². The second-order valence-corrected chi connectivity index (χ2v) is 7.64. The third-order valence-electron chi connectivity index (χ3n) is 5.28. The summed E-state index contributed by atoms with van der Waals surface area (Å²) in [6, 6.07) is 19.0. The molecule has 0 aliphatic heterocycles. The number of nitrogens with one attached hydrogen (secondary N) is 1. The molecule has 160 valence electrons. The fraction of sp³-hybridized carbons (Fsp3) is 0.115. The second-order valence-electron chi connectivity index (χ2n) is 7.64. The van der Waals surface area contributed by atoms with Crippen LogP contribution in [0.2, 0.25) is 0 Å². The Morgan fingerprint density at radius 3 is 2.25 bits per heavy atom. The molecular weight excluding hydrogens is 406 g/mol. The standard InChI is InChI=1S/C26H21NO5/c1-16-2-4-18(5-3-16)15-32-26(31)20-10-11-23-22(13-20)24(28)21(14-27-23)12-17-6-8-19(9-7-17)25(29)30/h2-11,13-14H,12,15H2,1H3,(H,27,28)(H,29,30). The Labute approximate surface area is 184 Å². The first-order valence-corrected chi connectivity index (χ1v) is 10.1. The first-order chi connectivity index (χ1) is 15.4. The topological polar surface area (TPSA) is 96.5 Å². The molecule has 0 amide bonds. The molecule has 2 N–H and O–H groups in total. The largest absolute Gasteiger partial charge is 0.478 e. The lowest BCUT2D eigenvalue weighted by atomic mass is 10.0. The molecule has 6 heteroatoms. The van der Waals surface area contributed by atoms with Crippen LogP contribution in [0.5, 0.6) is 0 Å². The number of hydrogen-bond donors (Lipinski definition) is 2. The van der Waals surface area contributed by atoms with Gasteiger partial charge in [0.1, 0.15) is 6.61 Å². The highest BCUT2D eigenvalue weighted by molar-refractivity contribution is 5.94. The molecule has 0 aliphatic rings. The van der Waals surface area contributed by atoms with E-state index < -0.39 is 11.9 Å². The number of carbonyl (C=O) groups is 2. The number of aromatic carboxylic acids is 1. The Hall–Kier alpha value is -4.19. The van der Waals surface area contributed by atoms with Crippen LogP contribution in [0.1, 0.15) is 43.0 Å². The number of aromatic amines is 1. The van der Waals surface area contributed by atoms with Crippen molar-refractivity contribution in [2.75, 3.05) is 0 Å². The fourth-order valence-corrected chi connectivity index (χ4v) is 3.42. The van der Waals surface area contributed by atoms with Gasteiger partial charge in [0, 0.05) is 29.1 Å². The molecule has 0 saturated carbocycles. The van der Waals surface area contributed by atoms with Crippen molar-refractivity contribution in [3.8, 4) is 0 Å². The third kappa shape index (κ3) is 4.59. The second kappa shape index (κ2) is 8.89. The minimum Gasteiger partial charge on any atom is -0.478 e. The summed E-state index contributed by atoms with van der Waals surface area (Å²) in [7, 11) is 0. The molecule has 4 aromatic rings. The van der Waals surface area contributed by atoms with E-state index in [2.05, 4.69) is 4.98 Å². The normalized spacial score (nSPS) is 10.8. The minimum atomic E-state index is -0.998. The zero-order valence-electron chi connectivity index (χ0n) is 17.4. The molecule has 1 aromatic heterocycles. The summed E-state index contributed by atoms with van der Waals surface area (Å²) in [6.45, 7) is 2.14. The molecule has 0 aliphatic carbocycles. The molecule has 3 aromatic carbocycles. The summed E-state index contributed by atoms with van der Waals surface area (Å²) < 4.78 is 5.40. The Morgan fingerprint density at radius 1 is 0.906 bits per heavy atom. The molecule has 4 rings (SSSR count). The lowest BCUT2D eigenvalue weighted by Crippen LogP contribution is -2.12. The van der Waals surface area contributed by atoms with Crippen molar-refractivity contribution >= 4 is 22.8 Å². The van der Waals surface area contributed by atoms with Gasteiger partial charge in [0.25, 0.3) is 0 Å². The van der Waals surface area contributed by atoms with Gasteiger partial charge in [-0.3, -0.25) is 4.79 Å². The summed E-state index contributed by atoms with van der Waals surface area (Å²) in [5.74, 6) is -1.50. The number of rotatable bonds is 6. The number of hydrogen-bond acceptors (Lipinski definition) is 4. The number of pyridine rings is 1. The van der Waals surface area contributed by atoms with Crippen LogP contribution in [0.4, 0.5) is 0 Å². The number of fused-ring (bicyclic) bond motifs is 1. The number of benzene rings is 3. The van der Waals surface area contributed by atoms with E-state index in [9.17, 15) is 14.4 Å². The first-order valence-electron chi connectivity index (χ1n) is 10.1. The maximum absolute atomic E-state index is 13.0. The van der Waals surface area contributed by atoms with Gasteiger partial charge in [-0.25, -0.2) is 9.59 Å². The van der Waals surface area contributed by atoms with Gasteiger partial charge in [-0.1, -0.05) is 42.0 Å². The van der Waals surface area contributed by atoms with Gasteiger partial charge in [0.05, 0.1) is 11.1 Å². The molecule has 0 atom stereocenters. The summed E-state index contributed by atoms with van der Waals surface area (Å²) in [4.78, 5) is 39.6. The van der Waals surface area contributed by atoms with Crippen molar-refractivity contribution in [2.24, 2.45) is 0 Å². The molecule has 32 heavy (non-hydrogen) atoms. The number of carbonyl (C=O) groups excluding carboxylic acids is 1. The van der Waals surface area contributed by atoms with Gasteiger partial charge in [-0.05, 0) is 48.4 Å². The summed E-state index contributed by atoms with van der Waals surface area (Å²) in [6.07, 6.45) is 1.98. The molecule has 0 saturated heterocycles. The van der Waals surface area contributed by atoms with Crippen molar-refractivity contribution in [1.82, 2.24) is 4.98 Å². The minimum absolute atomic E-state index is 0.153. The quantitative estimate of drug-likeness (QED) is 0.442. The van der Waals surface area contributed by atoms with E-state index in [1.165, 1.54) is 12.1 Å².